The summed E-state index contributed by atoms with van der Waals surface area (Å²) in [6, 6.07) is 4.10. The van der Waals surface area contributed by atoms with Gasteiger partial charge in [-0.05, 0) is 49.6 Å². The molecule has 0 bridgehead atoms. The Morgan fingerprint density at radius 1 is 1.32 bits per heavy atom. The van der Waals surface area contributed by atoms with Gasteiger partial charge in [-0.2, -0.15) is 0 Å². The summed E-state index contributed by atoms with van der Waals surface area (Å²) in [6.45, 7) is 5.23. The van der Waals surface area contributed by atoms with Crippen molar-refractivity contribution in [2.24, 2.45) is 5.73 Å². The molecule has 0 saturated heterocycles. The molecule has 0 aromatic heterocycles. The summed E-state index contributed by atoms with van der Waals surface area (Å²) in [6.07, 6.45) is 1.25. The maximum absolute atomic E-state index is 11.9. The van der Waals surface area contributed by atoms with E-state index in [2.05, 4.69) is 6.07 Å². The van der Waals surface area contributed by atoms with E-state index < -0.39 is 0 Å². The Morgan fingerprint density at radius 2 is 2.00 bits per heavy atom. The second-order valence-corrected chi connectivity index (χ2v) is 4.89. The minimum Gasteiger partial charge on any atom is -0.496 e. The minimum atomic E-state index is 0.137. The van der Waals surface area contributed by atoms with Gasteiger partial charge in [-0.1, -0.05) is 6.07 Å². The van der Waals surface area contributed by atoms with E-state index in [1.165, 1.54) is 0 Å². The smallest absolute Gasteiger partial charge is 0.222 e. The normalized spacial score (nSPS) is 10.4. The summed E-state index contributed by atoms with van der Waals surface area (Å²) >= 11 is 0. The molecule has 0 heterocycles. The lowest BCUT2D eigenvalue weighted by Crippen LogP contribution is -2.26. The van der Waals surface area contributed by atoms with Gasteiger partial charge in [0.15, 0.2) is 0 Å². The van der Waals surface area contributed by atoms with E-state index in [1.807, 2.05) is 27.0 Å². The van der Waals surface area contributed by atoms with Crippen molar-refractivity contribution < 1.29 is 9.53 Å². The van der Waals surface area contributed by atoms with E-state index in [0.717, 1.165) is 28.9 Å². The number of rotatable bonds is 6. The van der Waals surface area contributed by atoms with Gasteiger partial charge in [0.2, 0.25) is 5.91 Å². The fraction of sp³-hybridized carbons (Fsp3) is 0.533. The highest BCUT2D eigenvalue weighted by Crippen LogP contribution is 2.23. The van der Waals surface area contributed by atoms with Crippen molar-refractivity contribution >= 4 is 5.91 Å². The van der Waals surface area contributed by atoms with E-state index in [-0.39, 0.29) is 5.91 Å². The number of hydrogen-bond acceptors (Lipinski definition) is 3. The van der Waals surface area contributed by atoms with Crippen molar-refractivity contribution in [1.82, 2.24) is 4.90 Å². The van der Waals surface area contributed by atoms with Gasteiger partial charge in [0, 0.05) is 20.0 Å². The van der Waals surface area contributed by atoms with Gasteiger partial charge in [-0.15, -0.1) is 0 Å². The monoisotopic (exact) mass is 264 g/mol. The SMILES string of the molecule is COc1cc(C)c(CN(C)C(=O)CCCN)cc1C. The zero-order chi connectivity index (χ0) is 14.4. The Balaban J connectivity index is 2.76. The standard InChI is InChI=1S/C15H24N2O2/c1-11-9-14(19-4)12(2)8-13(11)10-17(3)15(18)6-5-7-16/h8-9H,5-7,10,16H2,1-4H3. The number of ether oxygens (including phenoxy) is 1. The minimum absolute atomic E-state index is 0.137. The summed E-state index contributed by atoms with van der Waals surface area (Å²) in [5.74, 6) is 1.02. The van der Waals surface area contributed by atoms with Crippen molar-refractivity contribution in [1.29, 1.82) is 0 Å². The van der Waals surface area contributed by atoms with E-state index in [9.17, 15) is 4.79 Å². The van der Waals surface area contributed by atoms with Crippen molar-refractivity contribution in [3.63, 3.8) is 0 Å². The second-order valence-electron chi connectivity index (χ2n) is 4.89. The number of benzene rings is 1. The molecule has 1 aromatic rings. The maximum atomic E-state index is 11.9. The van der Waals surface area contributed by atoms with Crippen molar-refractivity contribution in [2.75, 3.05) is 20.7 Å². The Morgan fingerprint density at radius 3 is 2.58 bits per heavy atom. The van der Waals surface area contributed by atoms with Crippen LogP contribution in [0.5, 0.6) is 5.75 Å². The van der Waals surface area contributed by atoms with Crippen LogP contribution in [0.25, 0.3) is 0 Å². The van der Waals surface area contributed by atoms with E-state index >= 15 is 0 Å². The molecule has 0 radical (unpaired) electrons. The van der Waals surface area contributed by atoms with Crippen LogP contribution in [0.1, 0.15) is 29.5 Å². The molecule has 4 heteroatoms. The number of nitrogens with two attached hydrogens (primary N) is 1. The summed E-state index contributed by atoms with van der Waals surface area (Å²) in [4.78, 5) is 13.6. The van der Waals surface area contributed by atoms with Gasteiger partial charge < -0.3 is 15.4 Å². The molecule has 0 fully saturated rings. The van der Waals surface area contributed by atoms with Gasteiger partial charge >= 0.3 is 0 Å². The van der Waals surface area contributed by atoms with Crippen molar-refractivity contribution in [3.05, 3.63) is 28.8 Å². The number of aryl methyl sites for hydroxylation is 2. The molecule has 4 nitrogen and oxygen atoms in total. The highest BCUT2D eigenvalue weighted by atomic mass is 16.5. The van der Waals surface area contributed by atoms with Crippen LogP contribution in [0.15, 0.2) is 12.1 Å². The lowest BCUT2D eigenvalue weighted by molar-refractivity contribution is -0.130. The van der Waals surface area contributed by atoms with Gasteiger partial charge in [-0.3, -0.25) is 4.79 Å². The Hall–Kier alpha value is -1.55. The molecule has 0 saturated carbocycles. The Labute approximate surface area is 115 Å². The predicted molar refractivity (Wildman–Crippen MR) is 77.2 cm³/mol. The van der Waals surface area contributed by atoms with Crippen LogP contribution in [-0.4, -0.2) is 31.5 Å². The van der Waals surface area contributed by atoms with Gasteiger partial charge in [0.25, 0.3) is 0 Å². The number of carbonyl (C=O) groups excluding carboxylic acids is 1. The average Bonchev–Trinajstić information content (AvgIpc) is 2.39. The molecule has 106 valence electrons. The van der Waals surface area contributed by atoms with Crippen LogP contribution in [0.2, 0.25) is 0 Å². The molecule has 0 aliphatic rings. The number of carbonyl (C=O) groups is 1. The molecule has 1 aromatic carbocycles. The molecule has 1 rings (SSSR count). The predicted octanol–water partition coefficient (Wildman–Crippen LogP) is 2.01. The van der Waals surface area contributed by atoms with Crippen LogP contribution in [0, 0.1) is 13.8 Å². The first-order valence-corrected chi connectivity index (χ1v) is 6.57. The quantitative estimate of drug-likeness (QED) is 0.855. The number of methoxy groups -OCH3 is 1. The molecule has 0 atom stereocenters. The van der Waals surface area contributed by atoms with Crippen LogP contribution >= 0.6 is 0 Å². The molecule has 0 aliphatic heterocycles. The highest BCUT2D eigenvalue weighted by Gasteiger charge is 2.11. The molecule has 0 unspecified atom stereocenters. The zero-order valence-electron chi connectivity index (χ0n) is 12.3. The zero-order valence-corrected chi connectivity index (χ0v) is 12.3. The first-order valence-electron chi connectivity index (χ1n) is 6.57. The lowest BCUT2D eigenvalue weighted by atomic mass is 10.0. The highest BCUT2D eigenvalue weighted by molar-refractivity contribution is 5.75. The maximum Gasteiger partial charge on any atom is 0.222 e. The molecule has 0 spiro atoms. The first-order chi connectivity index (χ1) is 8.99. The first kappa shape index (κ1) is 15.5. The van der Waals surface area contributed by atoms with Gasteiger partial charge in [0.05, 0.1) is 7.11 Å². The van der Waals surface area contributed by atoms with Crippen molar-refractivity contribution in [3.8, 4) is 5.75 Å². The van der Waals surface area contributed by atoms with E-state index in [0.29, 0.717) is 19.5 Å². The Bertz CT molecular complexity index is 444. The van der Waals surface area contributed by atoms with Crippen LogP contribution in [0.3, 0.4) is 0 Å². The van der Waals surface area contributed by atoms with Crippen molar-refractivity contribution in [2.45, 2.75) is 33.2 Å². The Kier molecular flexibility index (Phi) is 5.83. The van der Waals surface area contributed by atoms with Gasteiger partial charge in [0.1, 0.15) is 5.75 Å². The van der Waals surface area contributed by atoms with Crippen LogP contribution in [0.4, 0.5) is 0 Å². The average molecular weight is 264 g/mol. The van der Waals surface area contributed by atoms with E-state index in [1.54, 1.807) is 12.0 Å². The molecular formula is C15H24N2O2. The fourth-order valence-corrected chi connectivity index (χ4v) is 2.03. The molecule has 19 heavy (non-hydrogen) atoms. The topological polar surface area (TPSA) is 55.6 Å². The summed E-state index contributed by atoms with van der Waals surface area (Å²) in [5.41, 5.74) is 8.80. The molecule has 2 N–H and O–H groups in total. The van der Waals surface area contributed by atoms with Crippen LogP contribution < -0.4 is 10.5 Å². The molecular weight excluding hydrogens is 240 g/mol. The number of amides is 1. The van der Waals surface area contributed by atoms with Crippen LogP contribution in [-0.2, 0) is 11.3 Å². The summed E-state index contributed by atoms with van der Waals surface area (Å²) < 4.78 is 5.29. The molecule has 0 aliphatic carbocycles. The third kappa shape index (κ3) is 4.24. The summed E-state index contributed by atoms with van der Waals surface area (Å²) in [7, 11) is 3.50. The third-order valence-electron chi connectivity index (χ3n) is 3.28. The fourth-order valence-electron chi connectivity index (χ4n) is 2.03. The van der Waals surface area contributed by atoms with E-state index in [4.69, 9.17) is 10.5 Å². The number of hydrogen-bond donors (Lipinski definition) is 1. The number of nitrogens with zero attached hydrogens (tertiary/aromatic N) is 1. The summed E-state index contributed by atoms with van der Waals surface area (Å²) in [5, 5.41) is 0. The molecule has 1 amide bonds. The lowest BCUT2D eigenvalue weighted by Gasteiger charge is -2.19. The largest absolute Gasteiger partial charge is 0.496 e. The third-order valence-corrected chi connectivity index (χ3v) is 3.28. The van der Waals surface area contributed by atoms with Gasteiger partial charge in [-0.25, -0.2) is 0 Å². The second kappa shape index (κ2) is 7.14.